The average molecular weight is 450 g/mol. The van der Waals surface area contributed by atoms with Gasteiger partial charge in [0.2, 0.25) is 5.13 Å². The number of nitrogens with one attached hydrogen (secondary N) is 1. The van der Waals surface area contributed by atoms with Gasteiger partial charge in [-0.25, -0.2) is 9.78 Å². The number of hydrogen-bond acceptors (Lipinski definition) is 8. The van der Waals surface area contributed by atoms with Crippen molar-refractivity contribution in [3.05, 3.63) is 85.6 Å². The minimum Gasteiger partial charge on any atom is -0.478 e. The van der Waals surface area contributed by atoms with Gasteiger partial charge in [-0.1, -0.05) is 12.1 Å². The zero-order valence-electron chi connectivity index (χ0n) is 16.4. The van der Waals surface area contributed by atoms with Crippen molar-refractivity contribution in [1.82, 2.24) is 14.8 Å². The summed E-state index contributed by atoms with van der Waals surface area (Å²) in [6, 6.07) is 11.8. The predicted molar refractivity (Wildman–Crippen MR) is 116 cm³/mol. The molecule has 0 saturated heterocycles. The Morgan fingerprint density at radius 2 is 1.97 bits per heavy atom. The van der Waals surface area contributed by atoms with E-state index < -0.39 is 16.5 Å². The number of carboxylic acid groups (broad SMARTS) is 1. The van der Waals surface area contributed by atoms with Crippen molar-refractivity contribution in [2.75, 3.05) is 0 Å². The summed E-state index contributed by atoms with van der Waals surface area (Å²) in [4.78, 5) is 38.7. The second kappa shape index (κ2) is 8.35. The van der Waals surface area contributed by atoms with Gasteiger partial charge in [-0.15, -0.1) is 16.5 Å². The van der Waals surface area contributed by atoms with Gasteiger partial charge >= 0.3 is 11.5 Å². The number of aryl methyl sites for hydroxylation is 1. The fourth-order valence-corrected chi connectivity index (χ4v) is 3.64. The molecule has 0 saturated carbocycles. The summed E-state index contributed by atoms with van der Waals surface area (Å²) in [6.45, 7) is 1.66. The molecule has 0 aliphatic heterocycles. The average Bonchev–Trinajstić information content (AvgIpc) is 3.37. The SMILES string of the molecule is Cc1[nH]n(-c2nc(-c3cccc([N+](=O)[O-])c3)cs2)c(=O)c1N=Nc1ccc(C(=O)O)cc1. The Morgan fingerprint density at radius 3 is 2.66 bits per heavy atom. The van der Waals surface area contributed by atoms with Crippen molar-refractivity contribution in [3.63, 3.8) is 0 Å². The highest BCUT2D eigenvalue weighted by molar-refractivity contribution is 7.12. The van der Waals surface area contributed by atoms with Gasteiger partial charge in [0.15, 0.2) is 5.69 Å². The molecule has 2 aromatic carbocycles. The van der Waals surface area contributed by atoms with E-state index in [9.17, 15) is 19.7 Å². The Balaban J connectivity index is 1.62. The molecule has 11 nitrogen and oxygen atoms in total. The van der Waals surface area contributed by atoms with Gasteiger partial charge in [0.25, 0.3) is 5.69 Å². The van der Waals surface area contributed by atoms with Gasteiger partial charge in [0.05, 0.1) is 27.6 Å². The molecule has 0 unspecified atom stereocenters. The number of non-ortho nitro benzene ring substituents is 1. The van der Waals surface area contributed by atoms with Gasteiger partial charge in [0.1, 0.15) is 0 Å². The molecule has 0 amide bonds. The van der Waals surface area contributed by atoms with Crippen LogP contribution in [0, 0.1) is 17.0 Å². The quantitative estimate of drug-likeness (QED) is 0.248. The Morgan fingerprint density at radius 1 is 1.22 bits per heavy atom. The topological polar surface area (TPSA) is 156 Å². The fourth-order valence-electron chi connectivity index (χ4n) is 2.85. The van der Waals surface area contributed by atoms with Crippen LogP contribution in [0.1, 0.15) is 16.1 Å². The van der Waals surface area contributed by atoms with Crippen LogP contribution < -0.4 is 5.56 Å². The first-order valence-electron chi connectivity index (χ1n) is 9.11. The summed E-state index contributed by atoms with van der Waals surface area (Å²) < 4.78 is 1.22. The molecule has 4 rings (SSSR count). The minimum atomic E-state index is -1.05. The van der Waals surface area contributed by atoms with E-state index in [0.717, 1.165) is 0 Å². The Bertz CT molecular complexity index is 1420. The number of hydrogen-bond donors (Lipinski definition) is 2. The van der Waals surface area contributed by atoms with E-state index >= 15 is 0 Å². The lowest BCUT2D eigenvalue weighted by atomic mass is 10.1. The number of nitro benzene ring substituents is 1. The molecule has 12 heteroatoms. The highest BCUT2D eigenvalue weighted by Gasteiger charge is 2.16. The van der Waals surface area contributed by atoms with Crippen LogP contribution >= 0.6 is 11.3 Å². The standard InChI is InChI=1S/C20H14N6O5S/c1-11-17(23-22-14-7-5-12(6-8-14)19(28)29)18(27)25(24-11)20-21-16(10-32-20)13-3-2-4-15(9-13)26(30)31/h2-10,24H,1H3,(H,28,29). The van der Waals surface area contributed by atoms with Crippen molar-refractivity contribution in [3.8, 4) is 16.4 Å². The Hall–Kier alpha value is -4.45. The van der Waals surface area contributed by atoms with Crippen LogP contribution in [0.4, 0.5) is 17.1 Å². The maximum Gasteiger partial charge on any atom is 0.335 e. The number of aromatic carboxylic acids is 1. The summed E-state index contributed by atoms with van der Waals surface area (Å²) in [5, 5.41) is 32.9. The third-order valence-electron chi connectivity index (χ3n) is 4.46. The second-order valence-electron chi connectivity index (χ2n) is 6.60. The molecule has 32 heavy (non-hydrogen) atoms. The number of benzene rings is 2. The van der Waals surface area contributed by atoms with Crippen molar-refractivity contribution in [2.45, 2.75) is 6.92 Å². The number of aromatic amines is 1. The molecular formula is C20H14N6O5S. The highest BCUT2D eigenvalue weighted by atomic mass is 32.1. The largest absolute Gasteiger partial charge is 0.478 e. The number of H-pyrrole nitrogens is 1. The lowest BCUT2D eigenvalue weighted by molar-refractivity contribution is -0.384. The van der Waals surface area contributed by atoms with E-state index in [2.05, 4.69) is 20.3 Å². The molecule has 2 N–H and O–H groups in total. The lowest BCUT2D eigenvalue weighted by Gasteiger charge is -1.97. The second-order valence-corrected chi connectivity index (χ2v) is 7.44. The molecule has 2 heterocycles. The fraction of sp³-hybridized carbons (Fsp3) is 0.0500. The van der Waals surface area contributed by atoms with Crippen molar-refractivity contribution in [1.29, 1.82) is 0 Å². The van der Waals surface area contributed by atoms with E-state index in [0.29, 0.717) is 27.8 Å². The molecule has 2 aromatic heterocycles. The summed E-state index contributed by atoms with van der Waals surface area (Å²) in [5.41, 5.74) is 1.60. The maximum absolute atomic E-state index is 12.8. The van der Waals surface area contributed by atoms with E-state index in [1.807, 2.05) is 0 Å². The number of thiazole rings is 1. The monoisotopic (exact) mass is 450 g/mol. The maximum atomic E-state index is 12.8. The smallest absolute Gasteiger partial charge is 0.335 e. The van der Waals surface area contributed by atoms with E-state index in [1.165, 1.54) is 52.4 Å². The zero-order chi connectivity index (χ0) is 22.8. The van der Waals surface area contributed by atoms with Crippen LogP contribution in [0.2, 0.25) is 0 Å². The molecule has 0 fully saturated rings. The molecule has 160 valence electrons. The number of carboxylic acids is 1. The molecule has 0 spiro atoms. The summed E-state index contributed by atoms with van der Waals surface area (Å²) in [5.74, 6) is -1.05. The normalized spacial score (nSPS) is 11.2. The van der Waals surface area contributed by atoms with Gasteiger partial charge in [0, 0.05) is 23.1 Å². The predicted octanol–water partition coefficient (Wildman–Crippen LogP) is 4.62. The van der Waals surface area contributed by atoms with E-state index in [4.69, 9.17) is 5.11 Å². The molecule has 0 radical (unpaired) electrons. The number of nitrogens with zero attached hydrogens (tertiary/aromatic N) is 5. The van der Waals surface area contributed by atoms with Gasteiger partial charge < -0.3 is 5.11 Å². The number of carbonyl (C=O) groups is 1. The van der Waals surface area contributed by atoms with Crippen LogP contribution in [0.5, 0.6) is 0 Å². The van der Waals surface area contributed by atoms with Gasteiger partial charge in [-0.2, -0.15) is 9.80 Å². The van der Waals surface area contributed by atoms with E-state index in [1.54, 1.807) is 24.4 Å². The van der Waals surface area contributed by atoms with Crippen molar-refractivity contribution >= 4 is 34.4 Å². The van der Waals surface area contributed by atoms with Gasteiger partial charge in [-0.05, 0) is 31.2 Å². The first-order valence-corrected chi connectivity index (χ1v) is 9.99. The zero-order valence-corrected chi connectivity index (χ0v) is 17.2. The third kappa shape index (κ3) is 4.06. The van der Waals surface area contributed by atoms with Crippen molar-refractivity contribution < 1.29 is 14.8 Å². The highest BCUT2D eigenvalue weighted by Crippen LogP contribution is 2.27. The lowest BCUT2D eigenvalue weighted by Crippen LogP contribution is -2.13. The van der Waals surface area contributed by atoms with Crippen LogP contribution in [-0.2, 0) is 0 Å². The molecule has 4 aromatic rings. The first kappa shape index (κ1) is 20.8. The van der Waals surface area contributed by atoms with Crippen LogP contribution in [0.15, 0.2) is 68.9 Å². The molecule has 0 atom stereocenters. The molecule has 0 aliphatic carbocycles. The van der Waals surface area contributed by atoms with Gasteiger partial charge in [-0.3, -0.25) is 20.0 Å². The molecule has 0 aliphatic rings. The summed E-state index contributed by atoms with van der Waals surface area (Å²) >= 11 is 1.19. The van der Waals surface area contributed by atoms with Crippen LogP contribution in [0.3, 0.4) is 0 Å². The first-order chi connectivity index (χ1) is 15.3. The molecular weight excluding hydrogens is 436 g/mol. The molecule has 0 bridgehead atoms. The van der Waals surface area contributed by atoms with Crippen LogP contribution in [-0.4, -0.2) is 30.8 Å². The number of rotatable bonds is 6. The number of aromatic nitrogens is 3. The number of azo groups is 1. The van der Waals surface area contributed by atoms with Crippen LogP contribution in [0.25, 0.3) is 16.4 Å². The Kier molecular flexibility index (Phi) is 5.43. The van der Waals surface area contributed by atoms with E-state index in [-0.39, 0.29) is 16.9 Å². The number of nitro groups is 1. The minimum absolute atomic E-state index is 0.0518. The third-order valence-corrected chi connectivity index (χ3v) is 5.28. The summed E-state index contributed by atoms with van der Waals surface area (Å²) in [6.07, 6.45) is 0. The Labute approximate surface area is 183 Å². The summed E-state index contributed by atoms with van der Waals surface area (Å²) in [7, 11) is 0. The van der Waals surface area contributed by atoms with Crippen molar-refractivity contribution in [2.24, 2.45) is 10.2 Å².